The Morgan fingerprint density at radius 2 is 2.00 bits per heavy atom. The fourth-order valence-electron chi connectivity index (χ4n) is 2.49. The lowest BCUT2D eigenvalue weighted by Crippen LogP contribution is -2.14. The minimum absolute atomic E-state index is 0.0482. The molecule has 0 amide bonds. The zero-order valence-corrected chi connectivity index (χ0v) is 14.9. The number of aromatic nitrogens is 3. The number of alkyl halides is 3. The Labute approximate surface area is 156 Å². The molecule has 0 spiro atoms. The van der Waals surface area contributed by atoms with Crippen LogP contribution in [0.3, 0.4) is 0 Å². The molecule has 2 heterocycles. The molecule has 9 heteroatoms. The number of nitrogens with zero attached hydrogens (tertiary/aromatic N) is 4. The van der Waals surface area contributed by atoms with Gasteiger partial charge in [0.2, 0.25) is 0 Å². The molecule has 0 aliphatic heterocycles. The molecule has 3 aromatic rings. The number of hydrogen-bond donors (Lipinski definition) is 0. The smallest absolute Gasteiger partial charge is 0.433 e. The van der Waals surface area contributed by atoms with E-state index >= 15 is 0 Å². The summed E-state index contributed by atoms with van der Waals surface area (Å²) >= 11 is -1.75. The van der Waals surface area contributed by atoms with Crippen molar-refractivity contribution < 1.29 is 17.7 Å². The Morgan fingerprint density at radius 3 is 2.67 bits per heavy atom. The summed E-state index contributed by atoms with van der Waals surface area (Å²) in [4.78, 5) is 7.35. The van der Waals surface area contributed by atoms with E-state index in [0.717, 1.165) is 11.6 Å². The molecule has 3 rings (SSSR count). The lowest BCUT2D eigenvalue weighted by atomic mass is 10.1. The van der Waals surface area contributed by atoms with Gasteiger partial charge in [-0.3, -0.25) is 0 Å². The largest absolute Gasteiger partial charge is 0.609 e. The van der Waals surface area contributed by atoms with Gasteiger partial charge in [0.1, 0.15) is 6.26 Å². The number of rotatable bonds is 4. The first kappa shape index (κ1) is 18.9. The molecule has 138 valence electrons. The van der Waals surface area contributed by atoms with Crippen LogP contribution in [0.1, 0.15) is 16.8 Å². The second kappa shape index (κ2) is 7.42. The number of nitriles is 1. The summed E-state index contributed by atoms with van der Waals surface area (Å²) < 4.78 is 52.6. The van der Waals surface area contributed by atoms with Crippen molar-refractivity contribution in [1.29, 1.82) is 5.26 Å². The lowest BCUT2D eigenvalue weighted by molar-refractivity contribution is -0.141. The van der Waals surface area contributed by atoms with Crippen molar-refractivity contribution in [3.05, 3.63) is 65.6 Å². The zero-order chi connectivity index (χ0) is 19.6. The van der Waals surface area contributed by atoms with Crippen LogP contribution in [0.5, 0.6) is 0 Å². The monoisotopic (exact) mass is 390 g/mol. The van der Waals surface area contributed by atoms with E-state index in [2.05, 4.69) is 16.0 Å². The van der Waals surface area contributed by atoms with Crippen molar-refractivity contribution in [2.75, 3.05) is 6.26 Å². The van der Waals surface area contributed by atoms with E-state index in [-0.39, 0.29) is 10.9 Å². The van der Waals surface area contributed by atoms with Gasteiger partial charge in [-0.2, -0.15) is 28.4 Å². The maximum absolute atomic E-state index is 13.1. The maximum Gasteiger partial charge on any atom is 0.433 e. The molecule has 1 unspecified atom stereocenters. The van der Waals surface area contributed by atoms with E-state index in [1.54, 1.807) is 41.2 Å². The highest BCUT2D eigenvalue weighted by Gasteiger charge is 2.35. The lowest BCUT2D eigenvalue weighted by Gasteiger charge is -2.10. The number of halogens is 3. The van der Waals surface area contributed by atoms with Gasteiger partial charge in [-0.1, -0.05) is 12.1 Å². The Bertz CT molecular complexity index is 1010. The van der Waals surface area contributed by atoms with Crippen molar-refractivity contribution in [2.45, 2.75) is 17.9 Å². The first-order valence-corrected chi connectivity index (χ1v) is 9.27. The van der Waals surface area contributed by atoms with E-state index in [9.17, 15) is 17.7 Å². The summed E-state index contributed by atoms with van der Waals surface area (Å²) in [6, 6.07) is 11.6. The molecule has 0 aliphatic carbocycles. The summed E-state index contributed by atoms with van der Waals surface area (Å²) in [7, 11) is 0. The van der Waals surface area contributed by atoms with Crippen LogP contribution in [0.25, 0.3) is 11.3 Å². The molecule has 0 fully saturated rings. The quantitative estimate of drug-likeness (QED) is 0.504. The van der Waals surface area contributed by atoms with Crippen LogP contribution >= 0.6 is 0 Å². The second-order valence-electron chi connectivity index (χ2n) is 5.76. The predicted octanol–water partition coefficient (Wildman–Crippen LogP) is 3.62. The van der Waals surface area contributed by atoms with Crippen molar-refractivity contribution in [1.82, 2.24) is 14.5 Å². The van der Waals surface area contributed by atoms with Gasteiger partial charge in [-0.25, -0.2) is 0 Å². The zero-order valence-electron chi connectivity index (χ0n) is 14.1. The third-order valence-electron chi connectivity index (χ3n) is 3.72. The van der Waals surface area contributed by atoms with Gasteiger partial charge >= 0.3 is 11.3 Å². The highest BCUT2D eigenvalue weighted by molar-refractivity contribution is 7.90. The summed E-state index contributed by atoms with van der Waals surface area (Å²) in [5.74, 6) is 0. The highest BCUT2D eigenvalue weighted by atomic mass is 32.2. The molecule has 0 N–H and O–H groups in total. The van der Waals surface area contributed by atoms with Crippen LogP contribution in [0.2, 0.25) is 0 Å². The first-order valence-electron chi connectivity index (χ1n) is 7.71. The Hall–Kier alpha value is -2.83. The number of benzene rings is 1. The molecule has 27 heavy (non-hydrogen) atoms. The van der Waals surface area contributed by atoms with Crippen LogP contribution < -0.4 is 0 Å². The SMILES string of the molecule is C[S+]([O-])c1nc(-c2ccn(Cc3cccc(C#N)c3)c2)cc(C(F)(F)F)n1. The van der Waals surface area contributed by atoms with Gasteiger partial charge in [-0.15, -0.1) is 0 Å². The summed E-state index contributed by atoms with van der Waals surface area (Å²) in [6.07, 6.45) is -0.0883. The molecule has 0 bridgehead atoms. The van der Waals surface area contributed by atoms with Crippen molar-refractivity contribution in [2.24, 2.45) is 0 Å². The van der Waals surface area contributed by atoms with Gasteiger partial charge in [-0.05, 0) is 29.8 Å². The maximum atomic E-state index is 13.1. The molecule has 0 saturated heterocycles. The van der Waals surface area contributed by atoms with Gasteiger partial charge < -0.3 is 9.12 Å². The van der Waals surface area contributed by atoms with E-state index in [0.29, 0.717) is 17.7 Å². The molecular formula is C18H13F3N4OS. The van der Waals surface area contributed by atoms with Gasteiger partial charge in [0, 0.05) is 35.7 Å². The van der Waals surface area contributed by atoms with E-state index < -0.39 is 23.0 Å². The Balaban J connectivity index is 1.93. The van der Waals surface area contributed by atoms with Crippen molar-refractivity contribution in [3.63, 3.8) is 0 Å². The van der Waals surface area contributed by atoms with Crippen LogP contribution in [0.4, 0.5) is 13.2 Å². The topological polar surface area (TPSA) is 77.6 Å². The third kappa shape index (κ3) is 4.48. The summed E-state index contributed by atoms with van der Waals surface area (Å²) in [6.45, 7) is 0.444. The third-order valence-corrected chi connectivity index (χ3v) is 4.42. The predicted molar refractivity (Wildman–Crippen MR) is 93.1 cm³/mol. The summed E-state index contributed by atoms with van der Waals surface area (Å²) in [5.41, 5.74) is 0.774. The van der Waals surface area contributed by atoms with Crippen LogP contribution in [0, 0.1) is 11.3 Å². The second-order valence-corrected chi connectivity index (χ2v) is 7.03. The average Bonchev–Trinajstić information content (AvgIpc) is 3.09. The fraction of sp³-hybridized carbons (Fsp3) is 0.167. The minimum Gasteiger partial charge on any atom is -0.609 e. The molecule has 1 atom stereocenters. The molecule has 0 saturated carbocycles. The highest BCUT2D eigenvalue weighted by Crippen LogP contribution is 2.31. The molecule has 2 aromatic heterocycles. The van der Waals surface area contributed by atoms with Crippen LogP contribution in [-0.4, -0.2) is 25.3 Å². The molecule has 0 aliphatic rings. The van der Waals surface area contributed by atoms with Crippen LogP contribution in [-0.2, 0) is 23.9 Å². The van der Waals surface area contributed by atoms with E-state index in [1.165, 1.54) is 6.26 Å². The molecule has 0 radical (unpaired) electrons. The first-order chi connectivity index (χ1) is 12.8. The average molecular weight is 390 g/mol. The van der Waals surface area contributed by atoms with Crippen LogP contribution in [0.15, 0.2) is 53.9 Å². The standard InChI is InChI=1S/C18H13F3N4OS/c1-27(26)17-23-15(8-16(24-17)18(19,20)21)14-5-6-25(11-14)10-13-4-2-3-12(7-13)9-22/h2-8,11H,10H2,1H3. The molecule has 5 nitrogen and oxygen atoms in total. The van der Waals surface area contributed by atoms with Crippen molar-refractivity contribution >= 4 is 11.2 Å². The normalized spacial score (nSPS) is 12.6. The summed E-state index contributed by atoms with van der Waals surface area (Å²) in [5, 5.41) is 8.59. The van der Waals surface area contributed by atoms with Crippen molar-refractivity contribution in [3.8, 4) is 17.3 Å². The van der Waals surface area contributed by atoms with Gasteiger partial charge in [0.15, 0.2) is 5.69 Å². The number of hydrogen-bond acceptors (Lipinski definition) is 4. The Kier molecular flexibility index (Phi) is 5.21. The Morgan fingerprint density at radius 1 is 1.22 bits per heavy atom. The van der Waals surface area contributed by atoms with Gasteiger partial charge in [0.05, 0.1) is 17.3 Å². The van der Waals surface area contributed by atoms with E-state index in [1.807, 2.05) is 6.07 Å². The van der Waals surface area contributed by atoms with E-state index in [4.69, 9.17) is 5.26 Å². The van der Waals surface area contributed by atoms with Gasteiger partial charge in [0.25, 0.3) is 0 Å². The fourth-order valence-corrected chi connectivity index (χ4v) is 2.94. The molecule has 1 aromatic carbocycles. The molecular weight excluding hydrogens is 377 g/mol. The minimum atomic E-state index is -4.66.